The van der Waals surface area contributed by atoms with E-state index in [2.05, 4.69) is 5.32 Å². The second-order valence-corrected chi connectivity index (χ2v) is 3.88. The summed E-state index contributed by atoms with van der Waals surface area (Å²) in [5, 5.41) is 11.0. The van der Waals surface area contributed by atoms with Gasteiger partial charge in [0.25, 0.3) is 0 Å². The van der Waals surface area contributed by atoms with Crippen LogP contribution < -0.4 is 16.8 Å². The molecular formula is C9H20ClN3O3. The van der Waals surface area contributed by atoms with Crippen molar-refractivity contribution in [2.45, 2.75) is 32.4 Å². The number of nitrogens with one attached hydrogen (secondary N) is 1. The van der Waals surface area contributed by atoms with E-state index >= 15 is 0 Å². The first-order chi connectivity index (χ1) is 6.88. The molecule has 16 heavy (non-hydrogen) atoms. The fraction of sp³-hybridized carbons (Fsp3) is 0.778. The standard InChI is InChI=1S/C9H19N3O3.ClH/c1-5(2)3-7(8(11)14)12-9(15)6(10)4-13;/h5-7,13H,3-4,10H2,1-2H3,(H2,11,14)(H,12,15);1H. The van der Waals surface area contributed by atoms with Gasteiger partial charge in [0, 0.05) is 0 Å². The van der Waals surface area contributed by atoms with Gasteiger partial charge in [-0.15, -0.1) is 12.4 Å². The van der Waals surface area contributed by atoms with Crippen LogP contribution in [0.2, 0.25) is 0 Å². The van der Waals surface area contributed by atoms with Crippen molar-refractivity contribution in [1.29, 1.82) is 0 Å². The van der Waals surface area contributed by atoms with E-state index in [1.165, 1.54) is 0 Å². The second kappa shape index (κ2) is 8.32. The minimum Gasteiger partial charge on any atom is -0.394 e. The summed E-state index contributed by atoms with van der Waals surface area (Å²) in [4.78, 5) is 22.3. The zero-order valence-corrected chi connectivity index (χ0v) is 10.3. The Labute approximate surface area is 101 Å². The molecule has 7 heteroatoms. The summed E-state index contributed by atoms with van der Waals surface area (Å²) in [5.74, 6) is -0.933. The molecule has 6 nitrogen and oxygen atoms in total. The Balaban J connectivity index is 0. The van der Waals surface area contributed by atoms with Gasteiger partial charge in [-0.1, -0.05) is 13.8 Å². The lowest BCUT2D eigenvalue weighted by Crippen LogP contribution is -2.51. The SMILES string of the molecule is CC(C)CC(NC(=O)C(N)CO)C(N)=O.Cl. The van der Waals surface area contributed by atoms with Crippen molar-refractivity contribution >= 4 is 24.2 Å². The number of halogens is 1. The van der Waals surface area contributed by atoms with Crippen molar-refractivity contribution in [3.63, 3.8) is 0 Å². The molecule has 0 spiro atoms. The topological polar surface area (TPSA) is 118 Å². The van der Waals surface area contributed by atoms with Gasteiger partial charge < -0.3 is 21.9 Å². The van der Waals surface area contributed by atoms with Crippen LogP contribution in [0.3, 0.4) is 0 Å². The van der Waals surface area contributed by atoms with Crippen molar-refractivity contribution in [2.75, 3.05) is 6.61 Å². The highest BCUT2D eigenvalue weighted by molar-refractivity contribution is 5.88. The predicted octanol–water partition coefficient (Wildman–Crippen LogP) is -1.26. The van der Waals surface area contributed by atoms with E-state index in [-0.39, 0.29) is 18.3 Å². The largest absolute Gasteiger partial charge is 0.394 e. The summed E-state index contributed by atoms with van der Waals surface area (Å²) in [6, 6.07) is -1.74. The summed E-state index contributed by atoms with van der Waals surface area (Å²) < 4.78 is 0. The molecule has 0 fully saturated rings. The fourth-order valence-corrected chi connectivity index (χ4v) is 1.08. The van der Waals surface area contributed by atoms with Gasteiger partial charge in [-0.3, -0.25) is 9.59 Å². The normalized spacial score (nSPS) is 13.8. The first-order valence-corrected chi connectivity index (χ1v) is 4.84. The minimum atomic E-state index is -1.01. The number of aliphatic hydroxyl groups excluding tert-OH is 1. The van der Waals surface area contributed by atoms with Gasteiger partial charge in [0.2, 0.25) is 11.8 Å². The van der Waals surface area contributed by atoms with Crippen molar-refractivity contribution in [1.82, 2.24) is 5.32 Å². The Morgan fingerprint density at radius 3 is 2.19 bits per heavy atom. The molecule has 6 N–H and O–H groups in total. The van der Waals surface area contributed by atoms with Crippen molar-refractivity contribution in [3.05, 3.63) is 0 Å². The van der Waals surface area contributed by atoms with E-state index in [9.17, 15) is 9.59 Å². The van der Waals surface area contributed by atoms with Gasteiger partial charge in [-0.2, -0.15) is 0 Å². The number of rotatable bonds is 6. The third-order valence-corrected chi connectivity index (χ3v) is 1.90. The molecular weight excluding hydrogens is 234 g/mol. The maximum absolute atomic E-state index is 11.3. The molecule has 0 aliphatic carbocycles. The number of carbonyl (C=O) groups is 2. The van der Waals surface area contributed by atoms with Crippen LogP contribution in [-0.4, -0.2) is 35.6 Å². The number of primary amides is 1. The first-order valence-electron chi connectivity index (χ1n) is 4.84. The van der Waals surface area contributed by atoms with Crippen LogP contribution in [-0.2, 0) is 9.59 Å². The third kappa shape index (κ3) is 6.60. The van der Waals surface area contributed by atoms with E-state index in [0.717, 1.165) is 0 Å². The first kappa shape index (κ1) is 17.5. The Hall–Kier alpha value is -0.850. The Bertz CT molecular complexity index is 236. The van der Waals surface area contributed by atoms with Gasteiger partial charge in [-0.25, -0.2) is 0 Å². The highest BCUT2D eigenvalue weighted by Crippen LogP contribution is 2.04. The summed E-state index contributed by atoms with van der Waals surface area (Å²) in [6.45, 7) is 3.36. The number of hydrogen-bond acceptors (Lipinski definition) is 4. The average Bonchev–Trinajstić information content (AvgIpc) is 2.14. The van der Waals surface area contributed by atoms with E-state index in [1.807, 2.05) is 13.8 Å². The maximum atomic E-state index is 11.3. The highest BCUT2D eigenvalue weighted by Gasteiger charge is 2.21. The molecule has 0 aromatic carbocycles. The van der Waals surface area contributed by atoms with E-state index in [4.69, 9.17) is 16.6 Å². The molecule has 0 bridgehead atoms. The van der Waals surface area contributed by atoms with Gasteiger partial charge in [0.05, 0.1) is 6.61 Å². The van der Waals surface area contributed by atoms with Gasteiger partial charge >= 0.3 is 0 Å². The van der Waals surface area contributed by atoms with Crippen LogP contribution in [0, 0.1) is 5.92 Å². The highest BCUT2D eigenvalue weighted by atomic mass is 35.5. The quantitative estimate of drug-likeness (QED) is 0.473. The molecule has 96 valence electrons. The Morgan fingerprint density at radius 2 is 1.88 bits per heavy atom. The van der Waals surface area contributed by atoms with Crippen molar-refractivity contribution in [3.8, 4) is 0 Å². The molecule has 0 aliphatic heterocycles. The molecule has 2 atom stereocenters. The molecule has 0 saturated carbocycles. The van der Waals surface area contributed by atoms with Gasteiger partial charge in [0.1, 0.15) is 12.1 Å². The van der Waals surface area contributed by atoms with Crippen LogP contribution in [0.25, 0.3) is 0 Å². The van der Waals surface area contributed by atoms with Crippen molar-refractivity contribution < 1.29 is 14.7 Å². The molecule has 0 aromatic rings. The van der Waals surface area contributed by atoms with E-state index in [0.29, 0.717) is 6.42 Å². The lowest BCUT2D eigenvalue weighted by Gasteiger charge is -2.19. The summed E-state index contributed by atoms with van der Waals surface area (Å²) in [5.41, 5.74) is 10.4. The van der Waals surface area contributed by atoms with Gasteiger partial charge in [0.15, 0.2) is 0 Å². The molecule has 0 rings (SSSR count). The van der Waals surface area contributed by atoms with E-state index in [1.54, 1.807) is 0 Å². The fourth-order valence-electron chi connectivity index (χ4n) is 1.08. The molecule has 2 amide bonds. The van der Waals surface area contributed by atoms with Gasteiger partial charge in [-0.05, 0) is 12.3 Å². The zero-order valence-electron chi connectivity index (χ0n) is 9.47. The zero-order chi connectivity index (χ0) is 12.0. The number of carbonyl (C=O) groups excluding carboxylic acids is 2. The third-order valence-electron chi connectivity index (χ3n) is 1.90. The average molecular weight is 254 g/mol. The Morgan fingerprint density at radius 1 is 1.38 bits per heavy atom. The minimum absolute atomic E-state index is 0. The maximum Gasteiger partial charge on any atom is 0.240 e. The summed E-state index contributed by atoms with van der Waals surface area (Å²) in [7, 11) is 0. The number of nitrogens with two attached hydrogens (primary N) is 2. The second-order valence-electron chi connectivity index (χ2n) is 3.88. The summed E-state index contributed by atoms with van der Waals surface area (Å²) >= 11 is 0. The van der Waals surface area contributed by atoms with Crippen molar-refractivity contribution in [2.24, 2.45) is 17.4 Å². The lowest BCUT2D eigenvalue weighted by molar-refractivity contribution is -0.129. The number of amides is 2. The smallest absolute Gasteiger partial charge is 0.240 e. The van der Waals surface area contributed by atoms with Crippen LogP contribution >= 0.6 is 12.4 Å². The monoisotopic (exact) mass is 253 g/mol. The number of hydrogen-bond donors (Lipinski definition) is 4. The van der Waals surface area contributed by atoms with E-state index < -0.39 is 30.5 Å². The summed E-state index contributed by atoms with van der Waals surface area (Å²) in [6.07, 6.45) is 0.458. The lowest BCUT2D eigenvalue weighted by atomic mass is 10.0. The Kier molecular flexibility index (Phi) is 9.12. The molecule has 0 saturated heterocycles. The number of aliphatic hydroxyl groups is 1. The molecule has 0 aromatic heterocycles. The molecule has 0 aliphatic rings. The molecule has 2 unspecified atom stereocenters. The van der Waals surface area contributed by atoms with Crippen LogP contribution in [0.5, 0.6) is 0 Å². The predicted molar refractivity (Wildman–Crippen MR) is 62.9 cm³/mol. The van der Waals surface area contributed by atoms with Crippen LogP contribution in [0.1, 0.15) is 20.3 Å². The van der Waals surface area contributed by atoms with Crippen LogP contribution in [0.4, 0.5) is 0 Å². The van der Waals surface area contributed by atoms with Crippen LogP contribution in [0.15, 0.2) is 0 Å². The molecule has 0 radical (unpaired) electrons. The molecule has 0 heterocycles.